The van der Waals surface area contributed by atoms with E-state index in [0.717, 1.165) is 12.1 Å². The second-order valence-electron chi connectivity index (χ2n) is 6.26. The number of esters is 1. The zero-order valence-electron chi connectivity index (χ0n) is 16.6. The van der Waals surface area contributed by atoms with Crippen LogP contribution < -0.4 is 4.90 Å². The molecular weight excluding hydrogens is 450 g/mol. The van der Waals surface area contributed by atoms with E-state index in [4.69, 9.17) is 0 Å². The van der Waals surface area contributed by atoms with Crippen molar-refractivity contribution in [1.29, 1.82) is 10.5 Å². The van der Waals surface area contributed by atoms with Gasteiger partial charge in [-0.15, -0.1) is 10.2 Å². The summed E-state index contributed by atoms with van der Waals surface area (Å²) in [4.78, 5) is 13.4. The van der Waals surface area contributed by atoms with Gasteiger partial charge in [-0.3, -0.25) is 4.79 Å². The minimum atomic E-state index is -0.304. The number of nitriles is 2. The summed E-state index contributed by atoms with van der Waals surface area (Å²) in [6, 6.07) is 12.0. The maximum Gasteiger partial charge on any atom is 0.307 e. The molecule has 1 N–H and O–H groups in total. The number of aromatic hydroxyl groups is 1. The number of carbonyl (C=O) groups is 1. The Balaban J connectivity index is 2.31. The Bertz CT molecular complexity index is 1000. The molecule has 0 fully saturated rings. The molecule has 0 heterocycles. The smallest absolute Gasteiger partial charge is 0.307 e. The van der Waals surface area contributed by atoms with Gasteiger partial charge in [0.1, 0.15) is 29.3 Å². The van der Waals surface area contributed by atoms with E-state index >= 15 is 0 Å². The fourth-order valence-electron chi connectivity index (χ4n) is 2.74. The number of anilines is 1. The number of ether oxygens (including phenoxy) is 1. The highest BCUT2D eigenvalue weighted by molar-refractivity contribution is 9.10. The van der Waals surface area contributed by atoms with Gasteiger partial charge in [0.15, 0.2) is 0 Å². The summed E-state index contributed by atoms with van der Waals surface area (Å²) in [7, 11) is 1.35. The molecule has 0 radical (unpaired) electrons. The molecule has 0 amide bonds. The summed E-state index contributed by atoms with van der Waals surface area (Å²) in [6.45, 7) is 3.18. The number of phenols is 1. The van der Waals surface area contributed by atoms with Crippen molar-refractivity contribution in [2.75, 3.05) is 25.1 Å². The van der Waals surface area contributed by atoms with Crippen molar-refractivity contribution in [3.05, 3.63) is 45.9 Å². The van der Waals surface area contributed by atoms with E-state index in [2.05, 4.69) is 30.9 Å². The fraction of sp³-hybridized carbons (Fsp3) is 0.286. The first-order valence-corrected chi connectivity index (χ1v) is 9.93. The third kappa shape index (κ3) is 5.79. The van der Waals surface area contributed by atoms with Crippen LogP contribution in [0.4, 0.5) is 17.1 Å². The number of methoxy groups -OCH3 is 1. The Hall–Kier alpha value is -3.43. The largest absolute Gasteiger partial charge is 0.506 e. The Labute approximate surface area is 183 Å². The van der Waals surface area contributed by atoms with E-state index in [-0.39, 0.29) is 40.6 Å². The number of rotatable bonds is 8. The van der Waals surface area contributed by atoms with Gasteiger partial charge in [0.05, 0.1) is 24.7 Å². The van der Waals surface area contributed by atoms with Crippen molar-refractivity contribution in [2.45, 2.75) is 19.8 Å². The monoisotopic (exact) mass is 469 g/mol. The SMILES string of the molecule is CCCN(CCC(=O)OC)c1ccc(N=Nc2c(C#N)cc(Br)cc2C#N)c(O)c1. The summed E-state index contributed by atoms with van der Waals surface area (Å²) in [5.74, 6) is -0.411. The van der Waals surface area contributed by atoms with Crippen molar-refractivity contribution >= 4 is 39.0 Å². The lowest BCUT2D eigenvalue weighted by Crippen LogP contribution is -2.27. The lowest BCUT2D eigenvalue weighted by atomic mass is 10.1. The van der Waals surface area contributed by atoms with Crippen LogP contribution >= 0.6 is 15.9 Å². The zero-order valence-corrected chi connectivity index (χ0v) is 18.2. The van der Waals surface area contributed by atoms with Gasteiger partial charge in [-0.25, -0.2) is 0 Å². The number of azo groups is 1. The summed E-state index contributed by atoms with van der Waals surface area (Å²) < 4.78 is 5.27. The molecule has 0 spiro atoms. The van der Waals surface area contributed by atoms with E-state index in [9.17, 15) is 20.4 Å². The van der Waals surface area contributed by atoms with Gasteiger partial charge in [0, 0.05) is 29.3 Å². The molecule has 0 saturated carbocycles. The molecule has 0 aliphatic rings. The zero-order chi connectivity index (χ0) is 22.1. The summed E-state index contributed by atoms with van der Waals surface area (Å²) >= 11 is 3.25. The summed E-state index contributed by atoms with van der Waals surface area (Å²) in [6.07, 6.45) is 1.09. The third-order valence-electron chi connectivity index (χ3n) is 4.20. The average Bonchev–Trinajstić information content (AvgIpc) is 2.75. The second kappa shape index (κ2) is 10.9. The number of carbonyl (C=O) groups excluding carboxylic acids is 1. The molecule has 154 valence electrons. The molecule has 8 nitrogen and oxygen atoms in total. The fourth-order valence-corrected chi connectivity index (χ4v) is 3.20. The van der Waals surface area contributed by atoms with Gasteiger partial charge in [-0.2, -0.15) is 10.5 Å². The predicted octanol–water partition coefficient (Wildman–Crippen LogP) is 5.09. The van der Waals surface area contributed by atoms with E-state index in [1.165, 1.54) is 7.11 Å². The van der Waals surface area contributed by atoms with Crippen LogP contribution in [0.3, 0.4) is 0 Å². The van der Waals surface area contributed by atoms with Crippen molar-refractivity contribution in [3.63, 3.8) is 0 Å². The highest BCUT2D eigenvalue weighted by atomic mass is 79.9. The first kappa shape index (κ1) is 22.9. The van der Waals surface area contributed by atoms with Crippen LogP contribution in [0.1, 0.15) is 30.9 Å². The van der Waals surface area contributed by atoms with E-state index in [1.807, 2.05) is 24.0 Å². The van der Waals surface area contributed by atoms with Gasteiger partial charge in [-0.05, 0) is 30.7 Å². The minimum absolute atomic E-state index is 0.107. The average molecular weight is 470 g/mol. The van der Waals surface area contributed by atoms with Crippen LogP contribution in [0.15, 0.2) is 45.0 Å². The molecule has 9 heteroatoms. The standard InChI is InChI=1S/C21H20BrN5O3/c1-3-7-27(8-6-20(29)30-2)17-4-5-18(19(28)11-17)25-26-21-14(12-23)9-16(22)10-15(21)13-24/h4-5,9-11,28H,3,6-8H2,1-2H3. The van der Waals surface area contributed by atoms with Crippen LogP contribution in [0.25, 0.3) is 0 Å². The minimum Gasteiger partial charge on any atom is -0.506 e. The van der Waals surface area contributed by atoms with E-state index < -0.39 is 0 Å². The molecule has 0 aromatic heterocycles. The number of hydrogen-bond acceptors (Lipinski definition) is 8. The van der Waals surface area contributed by atoms with Gasteiger partial charge in [0.25, 0.3) is 0 Å². The Morgan fingerprint density at radius 3 is 2.37 bits per heavy atom. The number of halogens is 1. The Morgan fingerprint density at radius 1 is 1.17 bits per heavy atom. The lowest BCUT2D eigenvalue weighted by molar-refractivity contribution is -0.140. The van der Waals surface area contributed by atoms with Crippen LogP contribution in [0.2, 0.25) is 0 Å². The molecule has 2 rings (SSSR count). The summed E-state index contributed by atoms with van der Waals surface area (Å²) in [5.41, 5.74) is 1.45. The van der Waals surface area contributed by atoms with E-state index in [1.54, 1.807) is 30.3 Å². The van der Waals surface area contributed by atoms with Gasteiger partial charge < -0.3 is 14.7 Å². The van der Waals surface area contributed by atoms with Crippen molar-refractivity contribution in [1.82, 2.24) is 0 Å². The molecule has 30 heavy (non-hydrogen) atoms. The molecular formula is C21H20BrN5O3. The lowest BCUT2D eigenvalue weighted by Gasteiger charge is -2.24. The maximum absolute atomic E-state index is 11.4. The molecule has 0 unspecified atom stereocenters. The molecule has 0 aliphatic carbocycles. The Kier molecular flexibility index (Phi) is 8.33. The number of nitrogens with zero attached hydrogens (tertiary/aromatic N) is 5. The van der Waals surface area contributed by atoms with Crippen molar-refractivity contribution in [2.24, 2.45) is 10.2 Å². The van der Waals surface area contributed by atoms with Crippen LogP contribution in [0, 0.1) is 22.7 Å². The molecule has 0 aliphatic heterocycles. The first-order valence-electron chi connectivity index (χ1n) is 9.13. The normalized spacial score (nSPS) is 10.4. The van der Waals surface area contributed by atoms with Gasteiger partial charge in [0.2, 0.25) is 0 Å². The van der Waals surface area contributed by atoms with Crippen LogP contribution in [-0.4, -0.2) is 31.3 Å². The molecule has 2 aromatic carbocycles. The molecule has 0 saturated heterocycles. The second-order valence-corrected chi connectivity index (χ2v) is 7.17. The third-order valence-corrected chi connectivity index (χ3v) is 4.66. The summed E-state index contributed by atoms with van der Waals surface area (Å²) in [5, 5.41) is 37.0. The highest BCUT2D eigenvalue weighted by Gasteiger charge is 2.13. The molecule has 2 aromatic rings. The highest BCUT2D eigenvalue weighted by Crippen LogP contribution is 2.34. The first-order chi connectivity index (χ1) is 14.4. The van der Waals surface area contributed by atoms with Crippen molar-refractivity contribution < 1.29 is 14.6 Å². The van der Waals surface area contributed by atoms with E-state index in [0.29, 0.717) is 17.6 Å². The predicted molar refractivity (Wildman–Crippen MR) is 115 cm³/mol. The van der Waals surface area contributed by atoms with Crippen LogP contribution in [0.5, 0.6) is 5.75 Å². The number of benzene rings is 2. The van der Waals surface area contributed by atoms with Gasteiger partial charge >= 0.3 is 5.97 Å². The topological polar surface area (TPSA) is 122 Å². The van der Waals surface area contributed by atoms with Crippen LogP contribution in [-0.2, 0) is 9.53 Å². The van der Waals surface area contributed by atoms with Crippen molar-refractivity contribution in [3.8, 4) is 17.9 Å². The quantitative estimate of drug-likeness (QED) is 0.424. The molecule has 0 bridgehead atoms. The number of hydrogen-bond donors (Lipinski definition) is 1. The van der Waals surface area contributed by atoms with Gasteiger partial charge in [-0.1, -0.05) is 22.9 Å². The Morgan fingerprint density at radius 2 is 1.83 bits per heavy atom. The maximum atomic E-state index is 11.4. The molecule has 0 atom stereocenters. The number of phenolic OH excluding ortho intramolecular Hbond substituents is 1.